The molecule has 34 heavy (non-hydrogen) atoms. The molecule has 0 saturated carbocycles. The molecule has 1 aliphatic rings. The summed E-state index contributed by atoms with van der Waals surface area (Å²) in [4.78, 5) is 39.9. The van der Waals surface area contributed by atoms with Gasteiger partial charge in [-0.1, -0.05) is 18.9 Å². The van der Waals surface area contributed by atoms with Crippen molar-refractivity contribution in [1.29, 1.82) is 0 Å². The summed E-state index contributed by atoms with van der Waals surface area (Å²) in [6.07, 6.45) is 4.81. The lowest BCUT2D eigenvalue weighted by Crippen LogP contribution is -2.32. The highest BCUT2D eigenvalue weighted by molar-refractivity contribution is 7.89. The number of carbonyl (C=O) groups excluding carboxylic acids is 1. The number of anilines is 1. The maximum Gasteiger partial charge on any atom is 0.270 e. The molecule has 11 nitrogen and oxygen atoms in total. The van der Waals surface area contributed by atoms with Gasteiger partial charge in [0.15, 0.2) is 0 Å². The fraction of sp³-hybridized carbons (Fsp3) is 0.318. The fourth-order valence-corrected chi connectivity index (χ4v) is 5.46. The number of amides is 1. The van der Waals surface area contributed by atoms with Crippen molar-refractivity contribution in [2.75, 3.05) is 18.4 Å². The van der Waals surface area contributed by atoms with Crippen molar-refractivity contribution in [3.05, 3.63) is 69.3 Å². The Morgan fingerprint density at radius 1 is 1.09 bits per heavy atom. The van der Waals surface area contributed by atoms with Crippen LogP contribution in [-0.2, 0) is 21.4 Å². The number of hydrogen-bond donors (Lipinski definition) is 1. The summed E-state index contributed by atoms with van der Waals surface area (Å²) in [5.74, 6) is -0.571. The van der Waals surface area contributed by atoms with Gasteiger partial charge in [0.05, 0.1) is 27.0 Å². The number of sulfonamides is 1. The van der Waals surface area contributed by atoms with E-state index in [1.807, 2.05) is 0 Å². The molecule has 1 fully saturated rings. The number of nitrogens with zero attached hydrogens (tertiary/aromatic N) is 4. The van der Waals surface area contributed by atoms with Crippen molar-refractivity contribution in [2.24, 2.45) is 0 Å². The molecule has 1 saturated heterocycles. The van der Waals surface area contributed by atoms with Gasteiger partial charge in [-0.15, -0.1) is 0 Å². The van der Waals surface area contributed by atoms with Gasteiger partial charge in [0.2, 0.25) is 15.9 Å². The van der Waals surface area contributed by atoms with Crippen LogP contribution >= 0.6 is 0 Å². The minimum absolute atomic E-state index is 0.0232. The Hall–Kier alpha value is -3.64. The highest BCUT2D eigenvalue weighted by atomic mass is 32.2. The Morgan fingerprint density at radius 2 is 1.82 bits per heavy atom. The van der Waals surface area contributed by atoms with E-state index in [1.54, 1.807) is 12.1 Å². The number of benzene rings is 2. The number of nitro benzene ring substituents is 1. The van der Waals surface area contributed by atoms with E-state index in [-0.39, 0.29) is 27.2 Å². The number of fused-ring (bicyclic) bond motifs is 1. The highest BCUT2D eigenvalue weighted by Gasteiger charge is 2.25. The molecule has 2 aromatic carbocycles. The fourth-order valence-electron chi connectivity index (χ4n) is 3.89. The Balaban J connectivity index is 1.52. The molecule has 0 bridgehead atoms. The van der Waals surface area contributed by atoms with Gasteiger partial charge in [0.25, 0.3) is 11.2 Å². The first-order valence-corrected chi connectivity index (χ1v) is 12.2. The lowest BCUT2D eigenvalue weighted by Gasteiger charge is -2.20. The molecule has 2 heterocycles. The van der Waals surface area contributed by atoms with Gasteiger partial charge in [-0.25, -0.2) is 13.4 Å². The predicted molar refractivity (Wildman–Crippen MR) is 125 cm³/mol. The van der Waals surface area contributed by atoms with Crippen molar-refractivity contribution >= 4 is 38.2 Å². The van der Waals surface area contributed by atoms with Gasteiger partial charge >= 0.3 is 0 Å². The van der Waals surface area contributed by atoms with Crippen molar-refractivity contribution < 1.29 is 18.1 Å². The van der Waals surface area contributed by atoms with Crippen LogP contribution in [0.3, 0.4) is 0 Å². The summed E-state index contributed by atoms with van der Waals surface area (Å²) < 4.78 is 28.6. The van der Waals surface area contributed by atoms with Crippen LogP contribution in [-0.4, -0.2) is 46.2 Å². The smallest absolute Gasteiger partial charge is 0.270 e. The third-order valence-corrected chi connectivity index (χ3v) is 7.55. The van der Waals surface area contributed by atoms with Crippen LogP contribution in [0.5, 0.6) is 0 Å². The number of nitro groups is 1. The van der Waals surface area contributed by atoms with E-state index >= 15 is 0 Å². The summed E-state index contributed by atoms with van der Waals surface area (Å²) in [5, 5.41) is 13.6. The normalized spacial score (nSPS) is 15.1. The second-order valence-corrected chi connectivity index (χ2v) is 9.97. The van der Waals surface area contributed by atoms with Crippen LogP contribution < -0.4 is 10.9 Å². The lowest BCUT2D eigenvalue weighted by molar-refractivity contribution is -0.384. The molecule has 0 radical (unpaired) electrons. The Kier molecular flexibility index (Phi) is 6.70. The molecule has 0 spiro atoms. The highest BCUT2D eigenvalue weighted by Crippen LogP contribution is 2.23. The van der Waals surface area contributed by atoms with E-state index < -0.39 is 33.0 Å². The van der Waals surface area contributed by atoms with E-state index in [1.165, 1.54) is 34.9 Å². The SMILES string of the molecule is O=C(Cn1cnc2ccc([N+](=O)[O-])cc2c1=O)Nc1cccc(S(=O)(=O)N2CCCCCC2)c1. The predicted octanol–water partition coefficient (Wildman–Crippen LogP) is 2.51. The third-order valence-electron chi connectivity index (χ3n) is 5.65. The van der Waals surface area contributed by atoms with Crippen molar-refractivity contribution in [1.82, 2.24) is 13.9 Å². The zero-order chi connectivity index (χ0) is 24.3. The lowest BCUT2D eigenvalue weighted by atomic mass is 10.2. The molecule has 0 unspecified atom stereocenters. The van der Waals surface area contributed by atoms with Crippen molar-refractivity contribution in [2.45, 2.75) is 37.1 Å². The number of non-ortho nitro benzene ring substituents is 1. The quantitative estimate of drug-likeness (QED) is 0.417. The van der Waals surface area contributed by atoms with Gasteiger partial charge in [0, 0.05) is 30.9 Å². The number of rotatable bonds is 6. The third kappa shape index (κ3) is 4.97. The standard InChI is InChI=1S/C22H23N5O6S/c28-21(14-25-15-23-20-9-8-17(27(30)31)13-19(20)22(25)29)24-16-6-5-7-18(12-16)34(32,33)26-10-3-1-2-4-11-26/h5-9,12-13,15H,1-4,10-11,14H2,(H,24,28). The molecular formula is C22H23N5O6S. The monoisotopic (exact) mass is 485 g/mol. The Labute approximate surface area is 195 Å². The molecule has 1 N–H and O–H groups in total. The number of carbonyl (C=O) groups is 1. The van der Waals surface area contributed by atoms with Crippen LogP contribution in [0.1, 0.15) is 25.7 Å². The molecule has 1 aliphatic heterocycles. The number of aromatic nitrogens is 2. The summed E-state index contributed by atoms with van der Waals surface area (Å²) in [5.41, 5.74) is -0.297. The topological polar surface area (TPSA) is 145 Å². The zero-order valence-corrected chi connectivity index (χ0v) is 19.0. The van der Waals surface area contributed by atoms with E-state index in [9.17, 15) is 28.1 Å². The van der Waals surface area contributed by atoms with E-state index in [0.29, 0.717) is 13.1 Å². The zero-order valence-electron chi connectivity index (χ0n) is 18.2. The molecule has 1 amide bonds. The average molecular weight is 486 g/mol. The summed E-state index contributed by atoms with van der Waals surface area (Å²) in [6.45, 7) is 0.539. The molecule has 1 aromatic heterocycles. The molecule has 4 rings (SSSR count). The van der Waals surface area contributed by atoms with Crippen LogP contribution in [0.15, 0.2) is 58.5 Å². The first-order valence-electron chi connectivity index (χ1n) is 10.8. The molecule has 3 aromatic rings. The van der Waals surface area contributed by atoms with Gasteiger partial charge in [-0.2, -0.15) is 4.31 Å². The second-order valence-electron chi connectivity index (χ2n) is 8.03. The largest absolute Gasteiger partial charge is 0.324 e. The van der Waals surface area contributed by atoms with Crippen LogP contribution in [0.2, 0.25) is 0 Å². The van der Waals surface area contributed by atoms with E-state index in [4.69, 9.17) is 0 Å². The van der Waals surface area contributed by atoms with Crippen LogP contribution in [0.25, 0.3) is 10.9 Å². The summed E-state index contributed by atoms with van der Waals surface area (Å²) in [7, 11) is -3.68. The van der Waals surface area contributed by atoms with Crippen LogP contribution in [0.4, 0.5) is 11.4 Å². The summed E-state index contributed by atoms with van der Waals surface area (Å²) in [6, 6.07) is 9.72. The molecule has 178 valence electrons. The van der Waals surface area contributed by atoms with Gasteiger partial charge < -0.3 is 5.32 Å². The Morgan fingerprint density at radius 3 is 2.53 bits per heavy atom. The van der Waals surface area contributed by atoms with Crippen LogP contribution in [0, 0.1) is 10.1 Å². The number of hydrogen-bond acceptors (Lipinski definition) is 7. The van der Waals surface area contributed by atoms with Crippen molar-refractivity contribution in [3.63, 3.8) is 0 Å². The maximum absolute atomic E-state index is 13.0. The molecule has 12 heteroatoms. The van der Waals surface area contributed by atoms with Gasteiger partial charge in [-0.3, -0.25) is 24.3 Å². The molecule has 0 atom stereocenters. The molecular weight excluding hydrogens is 462 g/mol. The first-order chi connectivity index (χ1) is 16.3. The van der Waals surface area contributed by atoms with Crippen molar-refractivity contribution in [3.8, 4) is 0 Å². The van der Waals surface area contributed by atoms with E-state index in [0.717, 1.165) is 36.3 Å². The van der Waals surface area contributed by atoms with Gasteiger partial charge in [-0.05, 0) is 37.1 Å². The Bertz CT molecular complexity index is 1410. The maximum atomic E-state index is 13.0. The average Bonchev–Trinajstić information content (AvgIpc) is 3.11. The second kappa shape index (κ2) is 9.69. The van der Waals surface area contributed by atoms with E-state index in [2.05, 4.69) is 10.3 Å². The first kappa shape index (κ1) is 23.5. The minimum Gasteiger partial charge on any atom is -0.324 e. The minimum atomic E-state index is -3.68. The van der Waals surface area contributed by atoms with Gasteiger partial charge in [0.1, 0.15) is 6.54 Å². The number of nitrogens with one attached hydrogen (secondary N) is 1. The summed E-state index contributed by atoms with van der Waals surface area (Å²) >= 11 is 0. The molecule has 0 aliphatic carbocycles.